The third-order valence-corrected chi connectivity index (χ3v) is 3.97. The van der Waals surface area contributed by atoms with E-state index >= 15 is 0 Å². The average molecular weight is 336 g/mol. The summed E-state index contributed by atoms with van der Waals surface area (Å²) in [6.45, 7) is 0. The van der Waals surface area contributed by atoms with Crippen molar-refractivity contribution in [2.45, 2.75) is 12.1 Å². The van der Waals surface area contributed by atoms with Crippen molar-refractivity contribution in [3.8, 4) is 11.3 Å². The summed E-state index contributed by atoms with van der Waals surface area (Å²) in [6, 6.07) is 8.19. The lowest BCUT2D eigenvalue weighted by Crippen LogP contribution is -2.19. The van der Waals surface area contributed by atoms with Gasteiger partial charge in [-0.05, 0) is 29.8 Å². The van der Waals surface area contributed by atoms with Crippen LogP contribution >= 0.6 is 0 Å². The van der Waals surface area contributed by atoms with E-state index < -0.39 is 18.0 Å². The van der Waals surface area contributed by atoms with Gasteiger partial charge in [-0.1, -0.05) is 6.07 Å². The number of rotatable bonds is 3. The molecular weight excluding hydrogens is 323 g/mol. The van der Waals surface area contributed by atoms with Gasteiger partial charge >= 0.3 is 6.09 Å². The van der Waals surface area contributed by atoms with Crippen LogP contribution in [-0.4, -0.2) is 21.0 Å². The molecule has 1 aliphatic heterocycles. The average Bonchev–Trinajstić information content (AvgIpc) is 3.04. The number of ether oxygens (including phenoxy) is 1. The van der Waals surface area contributed by atoms with Crippen molar-refractivity contribution in [3.05, 3.63) is 78.3 Å². The molecule has 7 heteroatoms. The number of nitrogens with one attached hydrogen (secondary N) is 1. The van der Waals surface area contributed by atoms with Gasteiger partial charge in [0.1, 0.15) is 5.82 Å². The largest absolute Gasteiger partial charge is 0.439 e. The Balaban J connectivity index is 1.71. The smallest absolute Gasteiger partial charge is 0.408 e. The van der Waals surface area contributed by atoms with Crippen LogP contribution in [0.2, 0.25) is 0 Å². The first kappa shape index (κ1) is 15.2. The molecule has 1 fully saturated rings. The van der Waals surface area contributed by atoms with Gasteiger partial charge in [-0.3, -0.25) is 15.0 Å². The van der Waals surface area contributed by atoms with E-state index in [2.05, 4.69) is 20.3 Å². The summed E-state index contributed by atoms with van der Waals surface area (Å²) in [7, 11) is 0. The zero-order valence-corrected chi connectivity index (χ0v) is 13.0. The molecule has 0 saturated carbocycles. The number of carbonyl (C=O) groups is 1. The number of nitrogens with zero attached hydrogens (tertiary/aromatic N) is 3. The quantitative estimate of drug-likeness (QED) is 0.795. The molecule has 0 radical (unpaired) electrons. The van der Waals surface area contributed by atoms with Crippen LogP contribution < -0.4 is 5.32 Å². The molecule has 0 aliphatic carbocycles. The van der Waals surface area contributed by atoms with Crippen molar-refractivity contribution < 1.29 is 13.9 Å². The number of hydrogen-bond acceptors (Lipinski definition) is 5. The minimum absolute atomic E-state index is 0.389. The van der Waals surface area contributed by atoms with Crippen molar-refractivity contribution in [1.82, 2.24) is 20.3 Å². The van der Waals surface area contributed by atoms with Crippen LogP contribution in [0, 0.1) is 5.82 Å². The molecule has 25 heavy (non-hydrogen) atoms. The van der Waals surface area contributed by atoms with Crippen molar-refractivity contribution in [2.24, 2.45) is 0 Å². The van der Waals surface area contributed by atoms with Gasteiger partial charge in [0.2, 0.25) is 0 Å². The minimum Gasteiger partial charge on any atom is -0.439 e. The molecule has 0 unspecified atom stereocenters. The van der Waals surface area contributed by atoms with Gasteiger partial charge < -0.3 is 10.1 Å². The predicted octanol–water partition coefficient (Wildman–Crippen LogP) is 3.20. The topological polar surface area (TPSA) is 77.0 Å². The zero-order valence-electron chi connectivity index (χ0n) is 13.0. The first-order valence-corrected chi connectivity index (χ1v) is 7.64. The first-order valence-electron chi connectivity index (χ1n) is 7.64. The van der Waals surface area contributed by atoms with E-state index in [1.54, 1.807) is 36.8 Å². The SMILES string of the molecule is O=C1N[C@H](c2ccnc(-c3cncc(F)c3)c2)[C@@H](c2cccnc2)O1. The van der Waals surface area contributed by atoms with E-state index in [1.807, 2.05) is 6.07 Å². The summed E-state index contributed by atoms with van der Waals surface area (Å²) in [6.07, 6.45) is 6.61. The van der Waals surface area contributed by atoms with Crippen LogP contribution in [0.25, 0.3) is 11.3 Å². The molecule has 0 aromatic carbocycles. The highest BCUT2D eigenvalue weighted by atomic mass is 19.1. The Hall–Kier alpha value is -3.35. The van der Waals surface area contributed by atoms with Crippen LogP contribution in [0.5, 0.6) is 0 Å². The highest BCUT2D eigenvalue weighted by Crippen LogP contribution is 2.37. The third-order valence-electron chi connectivity index (χ3n) is 3.97. The number of aromatic nitrogens is 3. The number of pyridine rings is 3. The van der Waals surface area contributed by atoms with E-state index in [-0.39, 0.29) is 6.04 Å². The second-order valence-corrected chi connectivity index (χ2v) is 5.60. The molecule has 124 valence electrons. The summed E-state index contributed by atoms with van der Waals surface area (Å²) in [5, 5.41) is 2.80. The molecule has 0 bridgehead atoms. The normalized spacial score (nSPS) is 19.3. The second kappa shape index (κ2) is 6.27. The Kier molecular flexibility index (Phi) is 3.81. The lowest BCUT2D eigenvalue weighted by atomic mass is 9.97. The lowest BCUT2D eigenvalue weighted by molar-refractivity contribution is 0.132. The molecule has 1 N–H and O–H groups in total. The maximum atomic E-state index is 13.4. The Morgan fingerprint density at radius 1 is 1.04 bits per heavy atom. The van der Waals surface area contributed by atoms with Crippen molar-refractivity contribution >= 4 is 6.09 Å². The van der Waals surface area contributed by atoms with E-state index in [0.717, 1.165) is 17.3 Å². The maximum absolute atomic E-state index is 13.4. The van der Waals surface area contributed by atoms with Gasteiger partial charge in [0.25, 0.3) is 0 Å². The second-order valence-electron chi connectivity index (χ2n) is 5.60. The minimum atomic E-state index is -0.498. The summed E-state index contributed by atoms with van der Waals surface area (Å²) in [4.78, 5) is 24.0. The van der Waals surface area contributed by atoms with E-state index in [1.165, 1.54) is 12.3 Å². The zero-order chi connectivity index (χ0) is 17.2. The van der Waals surface area contributed by atoms with Crippen LogP contribution in [0.1, 0.15) is 23.3 Å². The maximum Gasteiger partial charge on any atom is 0.408 e. The van der Waals surface area contributed by atoms with Gasteiger partial charge in [-0.25, -0.2) is 9.18 Å². The van der Waals surface area contributed by atoms with E-state index in [9.17, 15) is 9.18 Å². The van der Waals surface area contributed by atoms with Crippen LogP contribution in [0.3, 0.4) is 0 Å². The predicted molar refractivity (Wildman–Crippen MR) is 86.8 cm³/mol. The Bertz CT molecular complexity index is 920. The third kappa shape index (κ3) is 3.03. The number of cyclic esters (lactones) is 1. The number of halogens is 1. The lowest BCUT2D eigenvalue weighted by Gasteiger charge is -2.17. The highest BCUT2D eigenvalue weighted by Gasteiger charge is 2.36. The molecule has 2 atom stereocenters. The van der Waals surface area contributed by atoms with Gasteiger partial charge in [0.05, 0.1) is 17.9 Å². The standard InChI is InChI=1S/C18H13FN4O2/c19-14-6-13(9-21-10-14)15-7-11(3-5-22-15)16-17(25-18(24)23-16)12-2-1-4-20-8-12/h1-10,16-17H,(H,23,24)/t16-,17-/m1/s1. The number of carbonyl (C=O) groups excluding carboxylic acids is 1. The molecule has 3 aromatic heterocycles. The molecule has 6 nitrogen and oxygen atoms in total. The first-order chi connectivity index (χ1) is 12.2. The molecular formula is C18H13FN4O2. The number of alkyl carbamates (subject to hydrolysis) is 1. The molecule has 4 rings (SSSR count). The van der Waals surface area contributed by atoms with Crippen molar-refractivity contribution in [2.75, 3.05) is 0 Å². The Morgan fingerprint density at radius 2 is 1.96 bits per heavy atom. The summed E-state index contributed by atoms with van der Waals surface area (Å²) in [5.41, 5.74) is 2.71. The molecule has 1 amide bonds. The van der Waals surface area contributed by atoms with Crippen LogP contribution in [0.4, 0.5) is 9.18 Å². The van der Waals surface area contributed by atoms with Crippen molar-refractivity contribution in [3.63, 3.8) is 0 Å². The molecule has 4 heterocycles. The van der Waals surface area contributed by atoms with Crippen molar-refractivity contribution in [1.29, 1.82) is 0 Å². The summed E-state index contributed by atoms with van der Waals surface area (Å²) < 4.78 is 18.8. The Labute approximate surface area is 142 Å². The van der Waals surface area contributed by atoms with E-state index in [0.29, 0.717) is 11.3 Å². The monoisotopic (exact) mass is 336 g/mol. The van der Waals surface area contributed by atoms with Gasteiger partial charge in [-0.15, -0.1) is 0 Å². The molecule has 0 spiro atoms. The fraction of sp³-hybridized carbons (Fsp3) is 0.111. The van der Waals surface area contributed by atoms with Crippen LogP contribution in [-0.2, 0) is 4.74 Å². The Morgan fingerprint density at radius 3 is 2.76 bits per heavy atom. The molecule has 1 saturated heterocycles. The molecule has 1 aliphatic rings. The van der Waals surface area contributed by atoms with Gasteiger partial charge in [-0.2, -0.15) is 0 Å². The van der Waals surface area contributed by atoms with Gasteiger partial charge in [0, 0.05) is 35.9 Å². The van der Waals surface area contributed by atoms with E-state index in [4.69, 9.17) is 4.74 Å². The highest BCUT2D eigenvalue weighted by molar-refractivity contribution is 5.71. The summed E-state index contributed by atoms with van der Waals surface area (Å²) >= 11 is 0. The number of amides is 1. The fourth-order valence-corrected chi connectivity index (χ4v) is 2.83. The van der Waals surface area contributed by atoms with Gasteiger partial charge in [0.15, 0.2) is 6.10 Å². The van der Waals surface area contributed by atoms with Crippen LogP contribution in [0.15, 0.2) is 61.3 Å². The molecule has 3 aromatic rings. The summed E-state index contributed by atoms with van der Waals surface area (Å²) in [5.74, 6) is -0.435. The fourth-order valence-electron chi connectivity index (χ4n) is 2.83. The number of hydrogen-bond donors (Lipinski definition) is 1.